The first-order chi connectivity index (χ1) is 72.6. The van der Waals surface area contributed by atoms with E-state index in [0.29, 0.717) is 0 Å². The molecule has 0 amide bonds. The third kappa shape index (κ3) is 13.9. The van der Waals surface area contributed by atoms with Crippen molar-refractivity contribution in [1.82, 2.24) is 0 Å². The summed E-state index contributed by atoms with van der Waals surface area (Å²) in [5.74, 6) is 0. The van der Waals surface area contributed by atoms with Crippen LogP contribution in [0.4, 0.5) is 0 Å². The summed E-state index contributed by atoms with van der Waals surface area (Å²) in [4.78, 5) is 0. The van der Waals surface area contributed by atoms with E-state index in [0.717, 1.165) is 0 Å². The summed E-state index contributed by atoms with van der Waals surface area (Å²) in [7, 11) is 0. The number of fused-ring (bicyclic) bond motifs is 24. The maximum absolute atomic E-state index is 2.51. The first-order valence-electron chi connectivity index (χ1n) is 52.4. The molecule has 0 N–H and O–H groups in total. The molecule has 0 spiro atoms. The summed E-state index contributed by atoms with van der Waals surface area (Å²) in [5.41, 5.74) is 43.0. The normalized spacial score (nSPS) is 13.6. The van der Waals surface area contributed by atoms with Crippen LogP contribution in [-0.2, 0) is 21.7 Å². The maximum atomic E-state index is 2.51. The molecule has 0 nitrogen and oxygen atoms in total. The van der Waals surface area contributed by atoms with Gasteiger partial charge in [-0.15, -0.1) is 0 Å². The lowest BCUT2D eigenvalue weighted by Crippen LogP contribution is -2.15. The van der Waals surface area contributed by atoms with Crippen LogP contribution in [0.2, 0.25) is 0 Å². The van der Waals surface area contributed by atoms with Gasteiger partial charge in [-0.25, -0.2) is 0 Å². The molecule has 0 heteroatoms. The molecular weight excluding hydrogens is 1780 g/mol. The average molecular weight is 1890 g/mol. The number of hydrogen-bond acceptors (Lipinski definition) is 0. The van der Waals surface area contributed by atoms with Gasteiger partial charge in [0.1, 0.15) is 0 Å². The molecule has 0 fully saturated rings. The van der Waals surface area contributed by atoms with Gasteiger partial charge in [0, 0.05) is 21.7 Å². The Hall–Kier alpha value is -17.7. The minimum Gasteiger partial charge on any atom is -0.0622 e. The van der Waals surface area contributed by atoms with E-state index in [-0.39, 0.29) is 21.7 Å². The second-order valence-electron chi connectivity index (χ2n) is 42.8. The van der Waals surface area contributed by atoms with Crippen LogP contribution < -0.4 is 0 Å². The van der Waals surface area contributed by atoms with Crippen LogP contribution in [0.5, 0.6) is 0 Å². The Kier molecular flexibility index (Phi) is 21.1. The largest absolute Gasteiger partial charge is 0.0622 e. The molecule has 148 heavy (non-hydrogen) atoms. The second-order valence-corrected chi connectivity index (χ2v) is 42.8. The molecule has 0 unspecified atom stereocenters. The van der Waals surface area contributed by atoms with Crippen molar-refractivity contribution in [3.63, 3.8) is 0 Å². The van der Waals surface area contributed by atoms with Crippen molar-refractivity contribution in [3.8, 4) is 134 Å². The summed E-state index contributed by atoms with van der Waals surface area (Å²) >= 11 is 0. The highest BCUT2D eigenvalue weighted by Crippen LogP contribution is 2.61. The van der Waals surface area contributed by atoms with E-state index in [1.54, 1.807) is 0 Å². The Balaban J connectivity index is 0.0000000975. The molecule has 0 saturated heterocycles. The molecule has 4 aliphatic carbocycles. The molecule has 0 bridgehead atoms. The second kappa shape index (κ2) is 35.1. The highest BCUT2D eigenvalue weighted by molar-refractivity contribution is 6.28. The van der Waals surface area contributed by atoms with Crippen molar-refractivity contribution in [2.45, 2.75) is 77.0 Å². The fraction of sp³-hybridized carbons (Fsp3) is 0.0811. The van der Waals surface area contributed by atoms with Gasteiger partial charge in [0.05, 0.1) is 0 Å². The van der Waals surface area contributed by atoms with Gasteiger partial charge < -0.3 is 0 Å². The lowest BCUT2D eigenvalue weighted by atomic mass is 9.79. The van der Waals surface area contributed by atoms with E-state index in [9.17, 15) is 0 Å². The number of rotatable bonds is 8. The zero-order chi connectivity index (χ0) is 99.4. The first-order valence-corrected chi connectivity index (χ1v) is 52.4. The first kappa shape index (κ1) is 89.2. The van der Waals surface area contributed by atoms with Gasteiger partial charge in [-0.2, -0.15) is 0 Å². The van der Waals surface area contributed by atoms with Gasteiger partial charge in [0.25, 0.3) is 0 Å². The fourth-order valence-corrected chi connectivity index (χ4v) is 26.6. The molecule has 0 radical (unpaired) electrons. The Morgan fingerprint density at radius 2 is 0.338 bits per heavy atom. The zero-order valence-electron chi connectivity index (χ0n) is 84.5. The van der Waals surface area contributed by atoms with Crippen LogP contribution in [0, 0.1) is 0 Å². The van der Waals surface area contributed by atoms with E-state index >= 15 is 0 Å². The molecule has 4 aliphatic rings. The highest BCUT2D eigenvalue weighted by atomic mass is 14.5. The third-order valence-electron chi connectivity index (χ3n) is 33.4. The van der Waals surface area contributed by atoms with Crippen molar-refractivity contribution < 1.29 is 0 Å². The van der Waals surface area contributed by atoms with Crippen molar-refractivity contribution in [2.24, 2.45) is 0 Å². The molecule has 0 aromatic heterocycles. The molecule has 26 aromatic carbocycles. The fourth-order valence-electron chi connectivity index (χ4n) is 26.6. The summed E-state index contributed by atoms with van der Waals surface area (Å²) in [5, 5.41) is 26.1. The van der Waals surface area contributed by atoms with E-state index in [1.165, 1.54) is 286 Å². The highest BCUT2D eigenvalue weighted by Gasteiger charge is 2.42. The molecule has 0 atom stereocenters. The monoisotopic (exact) mass is 1880 g/mol. The topological polar surface area (TPSA) is 0 Å². The standard InChI is InChI=1S/2C39H28.2C35H26/c1-39(2)34-23-13-12-22-32(34)38-27-17-7-6-16-26(27)33(24-35(38)39)37-30-20-10-8-18-28(30)36(25-14-4-3-5-15-25)29-19-9-11-21-31(29)37;1-39(2)34-23-21-25-12-6-7-15-28(25)38(34)33-22-20-27(24-35(33)39)37-31-18-10-8-16-29(31)36(26-13-4-3-5-14-26)30-17-9-11-19-32(30)37;1-35(2)30-21-11-10-19-28(30)34-29(20-12-22-31(34)35)33-26-17-8-6-15-24(26)32(23-13-4-3-5-14-23)25-16-7-9-18-27(25)33;1-35(2)31-19-11-10-14-25(31)30-22-24(20-21-32(30)35)34-28-17-8-6-15-26(28)33(23-12-4-3-5-13-23)27-16-7-9-18-29(27)34/h2*3-24H,1-2H3;2*3-22H,1-2H3. The van der Waals surface area contributed by atoms with E-state index in [1.807, 2.05) is 0 Å². The molecule has 0 aliphatic heterocycles. The molecule has 0 heterocycles. The van der Waals surface area contributed by atoms with Crippen LogP contribution in [0.3, 0.4) is 0 Å². The van der Waals surface area contributed by atoms with Gasteiger partial charge in [-0.05, 0) is 304 Å². The van der Waals surface area contributed by atoms with Gasteiger partial charge in [-0.3, -0.25) is 0 Å². The predicted molar refractivity (Wildman–Crippen MR) is 635 cm³/mol. The van der Waals surface area contributed by atoms with Crippen LogP contribution >= 0.6 is 0 Å². The predicted octanol–water partition coefficient (Wildman–Crippen LogP) is 40.8. The average Bonchev–Trinajstić information content (AvgIpc) is 1.46. The SMILES string of the molecule is CC1(C)c2cc(-c3c4ccccc4c(-c4ccccc4)c4ccccc34)ccc2-c2c1ccc1ccccc21.CC1(C)c2ccccc2-c2c(-c3c4ccccc4c(-c4ccccc4)c4ccccc34)cccc21.CC1(C)c2ccccc2-c2c1cc(-c1c3ccccc3c(-c3ccccc3)c3ccccc13)c1ccccc21.CC1(C)c2ccccc2-c2cc(-c3c4ccccc4c(-c4ccccc4)c4ccccc34)ccc21. The number of hydrogen-bond donors (Lipinski definition) is 0. The maximum Gasteiger partial charge on any atom is 0.0159 e. The van der Waals surface area contributed by atoms with Gasteiger partial charge in [0.15, 0.2) is 0 Å². The Morgan fingerprint density at radius 1 is 0.101 bits per heavy atom. The Bertz CT molecular complexity index is 9700. The van der Waals surface area contributed by atoms with Crippen molar-refractivity contribution in [2.75, 3.05) is 0 Å². The zero-order valence-corrected chi connectivity index (χ0v) is 84.5. The third-order valence-corrected chi connectivity index (χ3v) is 33.4. The van der Waals surface area contributed by atoms with E-state index in [2.05, 4.69) is 565 Å². The Labute approximate surface area is 865 Å². The van der Waals surface area contributed by atoms with Gasteiger partial charge in [-0.1, -0.05) is 547 Å². The lowest BCUT2D eigenvalue weighted by Gasteiger charge is -2.24. The molecule has 26 aromatic rings. The van der Waals surface area contributed by atoms with Gasteiger partial charge in [0.2, 0.25) is 0 Å². The van der Waals surface area contributed by atoms with E-state index < -0.39 is 0 Å². The Morgan fingerprint density at radius 3 is 0.743 bits per heavy atom. The summed E-state index contributed by atoms with van der Waals surface area (Å²) in [6, 6.07) is 188. The minimum atomic E-state index is -0.0692. The molecular formula is C148H108. The summed E-state index contributed by atoms with van der Waals surface area (Å²) in [6.07, 6.45) is 0. The number of benzene rings is 26. The van der Waals surface area contributed by atoms with Crippen LogP contribution in [0.15, 0.2) is 510 Å². The quantitative estimate of drug-likeness (QED) is 0.133. The van der Waals surface area contributed by atoms with Crippen LogP contribution in [-0.4, -0.2) is 0 Å². The molecule has 700 valence electrons. The van der Waals surface area contributed by atoms with Crippen LogP contribution in [0.25, 0.3) is 241 Å². The van der Waals surface area contributed by atoms with Gasteiger partial charge >= 0.3 is 0 Å². The van der Waals surface area contributed by atoms with Crippen molar-refractivity contribution in [1.29, 1.82) is 0 Å². The minimum absolute atomic E-state index is 0.0163. The van der Waals surface area contributed by atoms with Crippen LogP contribution in [0.1, 0.15) is 99.9 Å². The summed E-state index contributed by atoms with van der Waals surface area (Å²) < 4.78 is 0. The van der Waals surface area contributed by atoms with Crippen molar-refractivity contribution >= 4 is 108 Å². The lowest BCUT2D eigenvalue weighted by molar-refractivity contribution is 0.660. The summed E-state index contributed by atoms with van der Waals surface area (Å²) in [6.45, 7) is 18.9. The van der Waals surface area contributed by atoms with E-state index in [4.69, 9.17) is 0 Å². The molecule has 0 saturated carbocycles. The smallest absolute Gasteiger partial charge is 0.0159 e. The molecule has 30 rings (SSSR count). The van der Waals surface area contributed by atoms with Crippen molar-refractivity contribution in [3.05, 3.63) is 554 Å².